The Morgan fingerprint density at radius 1 is 1.14 bits per heavy atom. The smallest absolute Gasteiger partial charge is 0.285 e. The minimum atomic E-state index is -3.84. The van der Waals surface area contributed by atoms with Gasteiger partial charge in [-0.25, -0.2) is 28.1 Å². The van der Waals surface area contributed by atoms with E-state index in [2.05, 4.69) is 25.2 Å². The maximum absolute atomic E-state index is 13.7. The molecule has 44 heavy (non-hydrogen) atoms. The first-order valence-electron chi connectivity index (χ1n) is 13.9. The van der Waals surface area contributed by atoms with Gasteiger partial charge in [0.2, 0.25) is 21.9 Å². The van der Waals surface area contributed by atoms with Crippen LogP contribution in [0.4, 0.5) is 11.6 Å². The fourth-order valence-electron chi connectivity index (χ4n) is 5.44. The van der Waals surface area contributed by atoms with Crippen LogP contribution in [-0.4, -0.2) is 65.3 Å². The van der Waals surface area contributed by atoms with E-state index in [0.29, 0.717) is 35.8 Å². The molecule has 1 aliphatic rings. The molecule has 1 atom stereocenters. The molecule has 0 aliphatic carbocycles. The van der Waals surface area contributed by atoms with Crippen molar-refractivity contribution in [1.29, 1.82) is 0 Å². The van der Waals surface area contributed by atoms with E-state index in [1.54, 1.807) is 37.2 Å². The average molecular weight is 641 g/mol. The lowest BCUT2D eigenvalue weighted by atomic mass is 9.94. The number of hydrogen-bond donors (Lipinski definition) is 2. The molecule has 4 aromatic rings. The summed E-state index contributed by atoms with van der Waals surface area (Å²) >= 11 is 6.03. The highest BCUT2D eigenvalue weighted by Gasteiger charge is 2.27. The van der Waals surface area contributed by atoms with Crippen LogP contribution in [-0.2, 0) is 17.1 Å². The molecule has 0 spiro atoms. The first kappa shape index (κ1) is 31.1. The lowest BCUT2D eigenvalue weighted by molar-refractivity contribution is 0.0977. The molecule has 0 radical (unpaired) electrons. The Balaban J connectivity index is 1.47. The van der Waals surface area contributed by atoms with Gasteiger partial charge >= 0.3 is 0 Å². The summed E-state index contributed by atoms with van der Waals surface area (Å²) in [5.74, 6) is 0.315. The summed E-state index contributed by atoms with van der Waals surface area (Å²) in [5.41, 5.74) is 2.90. The summed E-state index contributed by atoms with van der Waals surface area (Å²) in [7, 11) is -0.551. The molecule has 1 aromatic carbocycles. The molecule has 1 amide bonds. The Morgan fingerprint density at radius 3 is 2.55 bits per heavy atom. The van der Waals surface area contributed by atoms with Gasteiger partial charge in [0.15, 0.2) is 5.69 Å². The number of rotatable bonds is 8. The number of anilines is 2. The maximum Gasteiger partial charge on any atom is 0.285 e. The highest BCUT2D eigenvalue weighted by molar-refractivity contribution is 7.89. The van der Waals surface area contributed by atoms with Crippen molar-refractivity contribution in [3.63, 3.8) is 0 Å². The lowest BCUT2D eigenvalue weighted by Gasteiger charge is -2.33. The van der Waals surface area contributed by atoms with Crippen LogP contribution < -0.4 is 25.2 Å². The number of carbonyl (C=O) groups is 1. The van der Waals surface area contributed by atoms with Crippen LogP contribution >= 0.6 is 11.6 Å². The Bertz CT molecular complexity index is 1910. The van der Waals surface area contributed by atoms with Crippen molar-refractivity contribution in [1.82, 2.24) is 29.2 Å². The zero-order valence-electron chi connectivity index (χ0n) is 25.0. The number of piperidine rings is 1. The van der Waals surface area contributed by atoms with Crippen molar-refractivity contribution >= 4 is 50.1 Å². The SMILES string of the molecule is COc1cncc(C2CCN(c3nc4c([C@@H](C)Nc5ccc(Cl)nc5C(=O)NS(C)(=O)=O)cc(C)cc4c(=O)n3C)CC2)n1. The second-order valence-electron chi connectivity index (χ2n) is 10.9. The maximum atomic E-state index is 13.7. The number of methoxy groups -OCH3 is 1. The molecule has 1 saturated heterocycles. The number of amides is 1. The Morgan fingerprint density at radius 2 is 1.86 bits per heavy atom. The predicted octanol–water partition coefficient (Wildman–Crippen LogP) is 3.34. The standard InChI is InChI=1S/C29H33ClN8O5S/c1-16-12-19(17(2)32-21-6-7-23(30)34-26(21)27(39)36-44(5,41)42)25-20(13-16)28(40)37(3)29(35-25)38-10-8-18(9-11-38)22-14-31-15-24(33-22)43-4/h6-7,12-15,17-18,32H,8-11H2,1-5H3,(H,36,39)/t17-/m1/s1. The van der Waals surface area contributed by atoms with Crippen LogP contribution in [0, 0.1) is 6.92 Å². The average Bonchev–Trinajstić information content (AvgIpc) is 2.99. The molecule has 0 bridgehead atoms. The first-order valence-corrected chi connectivity index (χ1v) is 16.2. The van der Waals surface area contributed by atoms with Gasteiger partial charge in [-0.15, -0.1) is 0 Å². The van der Waals surface area contributed by atoms with Gasteiger partial charge in [-0.05, 0) is 50.5 Å². The van der Waals surface area contributed by atoms with Gasteiger partial charge in [0.1, 0.15) is 5.15 Å². The van der Waals surface area contributed by atoms with E-state index >= 15 is 0 Å². The highest BCUT2D eigenvalue weighted by atomic mass is 35.5. The number of pyridine rings is 1. The summed E-state index contributed by atoms with van der Waals surface area (Å²) < 4.78 is 32.2. The van der Waals surface area contributed by atoms with E-state index in [9.17, 15) is 18.0 Å². The van der Waals surface area contributed by atoms with E-state index in [0.717, 1.165) is 35.9 Å². The first-order chi connectivity index (χ1) is 20.8. The molecular weight excluding hydrogens is 608 g/mol. The van der Waals surface area contributed by atoms with Gasteiger partial charge < -0.3 is 15.0 Å². The Hall–Kier alpha value is -4.30. The van der Waals surface area contributed by atoms with E-state index in [1.165, 1.54) is 6.07 Å². The monoisotopic (exact) mass is 640 g/mol. The van der Waals surface area contributed by atoms with E-state index < -0.39 is 22.0 Å². The van der Waals surface area contributed by atoms with Crippen molar-refractivity contribution in [2.75, 3.05) is 36.7 Å². The normalized spacial score (nSPS) is 14.8. The number of carbonyl (C=O) groups excluding carboxylic acids is 1. The fourth-order valence-corrected chi connectivity index (χ4v) is 6.02. The molecule has 3 aromatic heterocycles. The molecule has 15 heteroatoms. The quantitative estimate of drug-likeness (QED) is 0.272. The Kier molecular flexibility index (Phi) is 8.75. The van der Waals surface area contributed by atoms with E-state index in [-0.39, 0.29) is 28.0 Å². The molecule has 1 fully saturated rings. The zero-order chi connectivity index (χ0) is 31.8. The molecular formula is C29H33ClN8O5S. The topological polar surface area (TPSA) is 161 Å². The molecule has 1 aliphatic heterocycles. The number of benzene rings is 1. The van der Waals surface area contributed by atoms with Gasteiger partial charge in [-0.2, -0.15) is 0 Å². The van der Waals surface area contributed by atoms with Crippen LogP contribution in [0.15, 0.2) is 41.5 Å². The van der Waals surface area contributed by atoms with Crippen LogP contribution in [0.5, 0.6) is 5.88 Å². The lowest BCUT2D eigenvalue weighted by Crippen LogP contribution is -2.38. The number of ether oxygens (including phenoxy) is 1. The number of fused-ring (bicyclic) bond motifs is 1. The molecule has 232 valence electrons. The second kappa shape index (κ2) is 12.4. The molecule has 2 N–H and O–H groups in total. The third kappa shape index (κ3) is 6.60. The number of nitrogens with one attached hydrogen (secondary N) is 2. The van der Waals surface area contributed by atoms with Gasteiger partial charge in [0.25, 0.3) is 11.5 Å². The third-order valence-corrected chi connectivity index (χ3v) is 8.33. The number of nitrogens with zero attached hydrogens (tertiary/aromatic N) is 6. The molecule has 0 unspecified atom stereocenters. The summed E-state index contributed by atoms with van der Waals surface area (Å²) in [6, 6.07) is 6.33. The van der Waals surface area contributed by atoms with Crippen molar-refractivity contribution < 1.29 is 17.9 Å². The minimum absolute atomic E-state index is 0.0277. The van der Waals surface area contributed by atoms with Gasteiger partial charge in [-0.3, -0.25) is 19.1 Å². The van der Waals surface area contributed by atoms with Gasteiger partial charge in [-0.1, -0.05) is 17.7 Å². The number of aryl methyl sites for hydroxylation is 1. The van der Waals surface area contributed by atoms with Crippen molar-refractivity contribution in [3.05, 3.63) is 74.7 Å². The number of sulfonamides is 1. The molecule has 0 saturated carbocycles. The van der Waals surface area contributed by atoms with Crippen LogP contribution in [0.1, 0.15) is 59.0 Å². The third-order valence-electron chi connectivity index (χ3n) is 7.56. The van der Waals surface area contributed by atoms with Crippen molar-refractivity contribution in [2.24, 2.45) is 7.05 Å². The largest absolute Gasteiger partial charge is 0.480 e. The second-order valence-corrected chi connectivity index (χ2v) is 13.0. The number of halogens is 1. The number of hydrogen-bond acceptors (Lipinski definition) is 11. The van der Waals surface area contributed by atoms with E-state index in [4.69, 9.17) is 21.3 Å². The zero-order valence-corrected chi connectivity index (χ0v) is 26.5. The summed E-state index contributed by atoms with van der Waals surface area (Å²) in [6.45, 7) is 5.09. The fraction of sp³-hybridized carbons (Fsp3) is 0.379. The van der Waals surface area contributed by atoms with Crippen LogP contribution in [0.25, 0.3) is 10.9 Å². The number of aromatic nitrogens is 5. The Labute approximate surface area is 259 Å². The van der Waals surface area contributed by atoms with Crippen molar-refractivity contribution in [3.8, 4) is 5.88 Å². The highest BCUT2D eigenvalue weighted by Crippen LogP contribution is 2.32. The molecule has 5 rings (SSSR count). The molecule has 13 nitrogen and oxygen atoms in total. The minimum Gasteiger partial charge on any atom is -0.480 e. The molecule has 4 heterocycles. The van der Waals surface area contributed by atoms with Gasteiger partial charge in [0.05, 0.1) is 47.9 Å². The van der Waals surface area contributed by atoms with Crippen LogP contribution in [0.2, 0.25) is 5.15 Å². The summed E-state index contributed by atoms with van der Waals surface area (Å²) in [5, 5.41) is 3.74. The van der Waals surface area contributed by atoms with E-state index in [1.807, 2.05) is 30.7 Å². The summed E-state index contributed by atoms with van der Waals surface area (Å²) in [6.07, 6.45) is 5.83. The summed E-state index contributed by atoms with van der Waals surface area (Å²) in [4.78, 5) is 46.4. The van der Waals surface area contributed by atoms with Gasteiger partial charge in [0, 0.05) is 37.8 Å². The van der Waals surface area contributed by atoms with Crippen molar-refractivity contribution in [2.45, 2.75) is 38.6 Å². The van der Waals surface area contributed by atoms with Crippen LogP contribution in [0.3, 0.4) is 0 Å². The predicted molar refractivity (Wildman–Crippen MR) is 168 cm³/mol.